The van der Waals surface area contributed by atoms with Gasteiger partial charge < -0.3 is 0 Å². The van der Waals surface area contributed by atoms with E-state index in [1.165, 1.54) is 0 Å². The molecule has 0 fully saturated rings. The third kappa shape index (κ3) is 3.57. The van der Waals surface area contributed by atoms with Crippen molar-refractivity contribution in [2.75, 3.05) is 0 Å². The van der Waals surface area contributed by atoms with E-state index in [0.29, 0.717) is 10.0 Å². The van der Waals surface area contributed by atoms with Crippen molar-refractivity contribution >= 4 is 50.0 Å². The van der Waals surface area contributed by atoms with Crippen LogP contribution in [0.25, 0.3) is 10.9 Å². The molecule has 0 saturated heterocycles. The van der Waals surface area contributed by atoms with Gasteiger partial charge in [0.15, 0.2) is 0 Å². The van der Waals surface area contributed by atoms with E-state index in [4.69, 9.17) is 23.2 Å². The summed E-state index contributed by atoms with van der Waals surface area (Å²) in [4.78, 5) is 4.82. The van der Waals surface area contributed by atoms with Crippen LogP contribution in [0.5, 0.6) is 0 Å². The molecule has 0 saturated carbocycles. The second-order valence-corrected chi connectivity index (χ2v) is 6.85. The van der Waals surface area contributed by atoms with Gasteiger partial charge in [-0.15, -0.1) is 0 Å². The van der Waals surface area contributed by atoms with E-state index in [9.17, 15) is 0 Å². The molecule has 0 aliphatic carbocycles. The van der Waals surface area contributed by atoms with Gasteiger partial charge in [0.1, 0.15) is 0 Å². The Bertz CT molecular complexity index is 768. The molecule has 1 unspecified atom stereocenters. The van der Waals surface area contributed by atoms with Crippen molar-refractivity contribution in [2.45, 2.75) is 11.2 Å². The van der Waals surface area contributed by atoms with E-state index in [2.05, 4.69) is 39.1 Å². The van der Waals surface area contributed by atoms with Crippen LogP contribution >= 0.6 is 39.1 Å². The summed E-state index contributed by atoms with van der Waals surface area (Å²) in [6.45, 7) is 0. The highest BCUT2D eigenvalue weighted by molar-refractivity contribution is 9.09. The number of halogens is 3. The largest absolute Gasteiger partial charge is 0.253 e. The molecule has 0 bridgehead atoms. The maximum Gasteiger partial charge on any atom is 0.0705 e. The Labute approximate surface area is 142 Å². The van der Waals surface area contributed by atoms with Gasteiger partial charge in [0.2, 0.25) is 0 Å². The molecule has 0 spiro atoms. The van der Waals surface area contributed by atoms with Gasteiger partial charge in [-0.1, -0.05) is 63.4 Å². The topological polar surface area (TPSA) is 12.9 Å². The van der Waals surface area contributed by atoms with Crippen molar-refractivity contribution < 1.29 is 0 Å². The SMILES string of the molecule is Clc1cc(Cl)cc(C(Br)Cc2ccc3ccccc3n2)c1. The Morgan fingerprint density at radius 1 is 0.952 bits per heavy atom. The number of para-hydroxylation sites is 1. The molecule has 0 radical (unpaired) electrons. The van der Waals surface area contributed by atoms with Crippen molar-refractivity contribution in [3.63, 3.8) is 0 Å². The van der Waals surface area contributed by atoms with Gasteiger partial charge in [-0.3, -0.25) is 4.98 Å². The van der Waals surface area contributed by atoms with Crippen LogP contribution in [0.4, 0.5) is 0 Å². The zero-order valence-corrected chi connectivity index (χ0v) is 14.2. The fraction of sp³-hybridized carbons (Fsp3) is 0.118. The molecular weight excluding hydrogens is 369 g/mol. The highest BCUT2D eigenvalue weighted by Gasteiger charge is 2.11. The molecule has 1 heterocycles. The van der Waals surface area contributed by atoms with Crippen LogP contribution < -0.4 is 0 Å². The van der Waals surface area contributed by atoms with E-state index in [1.807, 2.05) is 30.3 Å². The number of benzene rings is 2. The van der Waals surface area contributed by atoms with Crippen LogP contribution in [-0.4, -0.2) is 4.98 Å². The standard InChI is InChI=1S/C17H12BrCl2N/c18-16(12-7-13(19)9-14(20)8-12)10-15-6-5-11-3-1-2-4-17(11)21-15/h1-9,16H,10H2. The van der Waals surface area contributed by atoms with Gasteiger partial charge in [0.25, 0.3) is 0 Å². The molecule has 3 rings (SSSR count). The first-order chi connectivity index (χ1) is 10.1. The van der Waals surface area contributed by atoms with Crippen LogP contribution in [0.15, 0.2) is 54.6 Å². The molecule has 0 N–H and O–H groups in total. The molecule has 3 aromatic rings. The first-order valence-electron chi connectivity index (χ1n) is 6.56. The number of rotatable bonds is 3. The zero-order chi connectivity index (χ0) is 14.8. The van der Waals surface area contributed by atoms with Crippen molar-refractivity contribution in [3.8, 4) is 0 Å². The molecule has 4 heteroatoms. The molecule has 2 aromatic carbocycles. The Kier molecular flexibility index (Phi) is 4.48. The first kappa shape index (κ1) is 14.8. The highest BCUT2D eigenvalue weighted by Crippen LogP contribution is 2.31. The van der Waals surface area contributed by atoms with Crippen LogP contribution in [0, 0.1) is 0 Å². The molecule has 21 heavy (non-hydrogen) atoms. The van der Waals surface area contributed by atoms with Gasteiger partial charge in [0, 0.05) is 32.4 Å². The van der Waals surface area contributed by atoms with E-state index >= 15 is 0 Å². The number of hydrogen-bond acceptors (Lipinski definition) is 1. The highest BCUT2D eigenvalue weighted by atomic mass is 79.9. The number of pyridine rings is 1. The third-order valence-electron chi connectivity index (χ3n) is 3.29. The predicted octanol–water partition coefficient (Wildman–Crippen LogP) is 6.22. The monoisotopic (exact) mass is 379 g/mol. The third-order valence-corrected chi connectivity index (χ3v) is 4.58. The number of fused-ring (bicyclic) bond motifs is 1. The lowest BCUT2D eigenvalue weighted by Gasteiger charge is -2.11. The lowest BCUT2D eigenvalue weighted by atomic mass is 10.1. The maximum absolute atomic E-state index is 6.05. The molecule has 1 nitrogen and oxygen atoms in total. The normalized spacial score (nSPS) is 12.5. The summed E-state index contributed by atoms with van der Waals surface area (Å²) in [5.41, 5.74) is 3.10. The smallest absolute Gasteiger partial charge is 0.0705 e. The van der Waals surface area contributed by atoms with Crippen molar-refractivity contribution in [1.82, 2.24) is 4.98 Å². The van der Waals surface area contributed by atoms with Crippen LogP contribution in [0.3, 0.4) is 0 Å². The van der Waals surface area contributed by atoms with E-state index < -0.39 is 0 Å². The fourth-order valence-corrected chi connectivity index (χ4v) is 3.42. The Morgan fingerprint density at radius 3 is 2.43 bits per heavy atom. The Balaban J connectivity index is 1.86. The quantitative estimate of drug-likeness (QED) is 0.491. The molecular formula is C17H12BrCl2N. The Hall–Kier alpha value is -1.09. The summed E-state index contributed by atoms with van der Waals surface area (Å²) >= 11 is 15.8. The van der Waals surface area contributed by atoms with Crippen molar-refractivity contribution in [3.05, 3.63) is 75.9 Å². The minimum Gasteiger partial charge on any atom is -0.253 e. The summed E-state index contributed by atoms with van der Waals surface area (Å²) in [5, 5.41) is 2.44. The zero-order valence-electron chi connectivity index (χ0n) is 11.1. The average molecular weight is 381 g/mol. The maximum atomic E-state index is 6.05. The lowest BCUT2D eigenvalue weighted by Crippen LogP contribution is -1.98. The van der Waals surface area contributed by atoms with E-state index in [-0.39, 0.29) is 4.83 Å². The van der Waals surface area contributed by atoms with Crippen molar-refractivity contribution in [2.24, 2.45) is 0 Å². The molecule has 0 aliphatic heterocycles. The summed E-state index contributed by atoms with van der Waals surface area (Å²) in [7, 11) is 0. The minimum absolute atomic E-state index is 0.127. The Morgan fingerprint density at radius 2 is 1.67 bits per heavy atom. The molecule has 0 amide bonds. The number of nitrogens with zero attached hydrogens (tertiary/aromatic N) is 1. The summed E-state index contributed by atoms with van der Waals surface area (Å²) in [5.74, 6) is 0. The fourth-order valence-electron chi connectivity index (χ4n) is 2.28. The van der Waals surface area contributed by atoms with Gasteiger partial charge in [0.05, 0.1) is 5.52 Å². The average Bonchev–Trinajstić information content (AvgIpc) is 2.46. The van der Waals surface area contributed by atoms with Gasteiger partial charge in [-0.2, -0.15) is 0 Å². The summed E-state index contributed by atoms with van der Waals surface area (Å²) in [6.07, 6.45) is 0.779. The van der Waals surface area contributed by atoms with Crippen LogP contribution in [0.1, 0.15) is 16.1 Å². The molecule has 1 aromatic heterocycles. The van der Waals surface area contributed by atoms with E-state index in [0.717, 1.165) is 28.6 Å². The predicted molar refractivity (Wildman–Crippen MR) is 93.6 cm³/mol. The van der Waals surface area contributed by atoms with Crippen molar-refractivity contribution in [1.29, 1.82) is 0 Å². The number of alkyl halides is 1. The minimum atomic E-state index is 0.127. The van der Waals surface area contributed by atoms with Crippen LogP contribution in [-0.2, 0) is 6.42 Å². The van der Waals surface area contributed by atoms with Gasteiger partial charge in [-0.25, -0.2) is 0 Å². The second kappa shape index (κ2) is 6.35. The first-order valence-corrected chi connectivity index (χ1v) is 8.24. The second-order valence-electron chi connectivity index (χ2n) is 4.87. The lowest BCUT2D eigenvalue weighted by molar-refractivity contribution is 0.913. The van der Waals surface area contributed by atoms with Crippen LogP contribution in [0.2, 0.25) is 10.0 Å². The van der Waals surface area contributed by atoms with Gasteiger partial charge >= 0.3 is 0 Å². The summed E-state index contributed by atoms with van der Waals surface area (Å²) in [6, 6.07) is 17.9. The molecule has 1 atom stereocenters. The molecule has 0 aliphatic rings. The van der Waals surface area contributed by atoms with E-state index in [1.54, 1.807) is 6.07 Å². The van der Waals surface area contributed by atoms with Gasteiger partial charge in [-0.05, 0) is 35.9 Å². The molecule has 106 valence electrons. The number of hydrogen-bond donors (Lipinski definition) is 0. The number of aromatic nitrogens is 1. The summed E-state index contributed by atoms with van der Waals surface area (Å²) < 4.78 is 0.